The summed E-state index contributed by atoms with van der Waals surface area (Å²) in [6.07, 6.45) is -0.512. The van der Waals surface area contributed by atoms with E-state index in [0.29, 0.717) is 18.1 Å². The fourth-order valence-corrected chi connectivity index (χ4v) is 1.44. The van der Waals surface area contributed by atoms with E-state index in [9.17, 15) is 0 Å². The van der Waals surface area contributed by atoms with E-state index < -0.39 is 6.23 Å². The lowest BCUT2D eigenvalue weighted by atomic mass is 10.3. The summed E-state index contributed by atoms with van der Waals surface area (Å²) >= 11 is 3.32. The molecule has 1 aliphatic heterocycles. The van der Waals surface area contributed by atoms with Gasteiger partial charge in [0.1, 0.15) is 0 Å². The molecule has 0 N–H and O–H groups in total. The molecule has 0 aromatic heterocycles. The standard InChI is InChI=1S/C9H6BrNO2/c1-11-9-5-12-7-3-2-6(10)4-8(7)13-9/h2-4,9H,5H2. The third-order valence-corrected chi connectivity index (χ3v) is 2.19. The van der Waals surface area contributed by atoms with Crippen molar-refractivity contribution in [2.45, 2.75) is 6.23 Å². The van der Waals surface area contributed by atoms with Gasteiger partial charge in [-0.15, -0.1) is 0 Å². The Bertz CT molecular complexity index is 372. The molecule has 0 saturated carbocycles. The lowest BCUT2D eigenvalue weighted by Gasteiger charge is -2.18. The number of halogens is 1. The maximum absolute atomic E-state index is 6.80. The van der Waals surface area contributed by atoms with Crippen LogP contribution in [0.5, 0.6) is 11.5 Å². The minimum atomic E-state index is -0.512. The van der Waals surface area contributed by atoms with Crippen molar-refractivity contribution >= 4 is 15.9 Å². The summed E-state index contributed by atoms with van der Waals surface area (Å²) in [7, 11) is 0. The molecule has 0 bridgehead atoms. The van der Waals surface area contributed by atoms with Gasteiger partial charge in [-0.2, -0.15) is 0 Å². The molecule has 1 aromatic carbocycles. The van der Waals surface area contributed by atoms with E-state index in [4.69, 9.17) is 16.0 Å². The molecular weight excluding hydrogens is 234 g/mol. The molecule has 1 atom stereocenters. The van der Waals surface area contributed by atoms with Gasteiger partial charge >= 0.3 is 6.23 Å². The van der Waals surface area contributed by atoms with Crippen molar-refractivity contribution in [2.24, 2.45) is 0 Å². The van der Waals surface area contributed by atoms with E-state index in [1.165, 1.54) is 0 Å². The van der Waals surface area contributed by atoms with Crippen molar-refractivity contribution in [3.63, 3.8) is 0 Å². The van der Waals surface area contributed by atoms with Gasteiger partial charge in [-0.3, -0.25) is 4.85 Å². The molecule has 0 amide bonds. The first-order valence-electron chi connectivity index (χ1n) is 3.75. The SMILES string of the molecule is [C-]#[N+]C1COc2ccc(Br)cc2O1. The summed E-state index contributed by atoms with van der Waals surface area (Å²) < 4.78 is 11.6. The van der Waals surface area contributed by atoms with E-state index in [1.807, 2.05) is 12.1 Å². The summed E-state index contributed by atoms with van der Waals surface area (Å²) in [5, 5.41) is 0. The van der Waals surface area contributed by atoms with Gasteiger partial charge in [0, 0.05) is 4.47 Å². The molecule has 0 aliphatic carbocycles. The number of hydrogen-bond donors (Lipinski definition) is 0. The summed E-state index contributed by atoms with van der Waals surface area (Å²) in [6.45, 7) is 7.10. The highest BCUT2D eigenvalue weighted by atomic mass is 79.9. The molecule has 4 heteroatoms. The Balaban J connectivity index is 2.34. The normalized spacial score (nSPS) is 19.2. The molecule has 13 heavy (non-hydrogen) atoms. The second kappa shape index (κ2) is 3.27. The van der Waals surface area contributed by atoms with Gasteiger partial charge in [0.2, 0.25) is 6.61 Å². The zero-order valence-corrected chi connectivity index (χ0v) is 8.24. The van der Waals surface area contributed by atoms with Crippen molar-refractivity contribution in [3.8, 4) is 11.5 Å². The zero-order valence-electron chi connectivity index (χ0n) is 6.66. The van der Waals surface area contributed by atoms with Crippen LogP contribution >= 0.6 is 15.9 Å². The summed E-state index contributed by atoms with van der Waals surface area (Å²) in [6, 6.07) is 5.49. The Morgan fingerprint density at radius 2 is 2.31 bits per heavy atom. The van der Waals surface area contributed by atoms with Crippen molar-refractivity contribution < 1.29 is 9.47 Å². The fourth-order valence-electron chi connectivity index (χ4n) is 1.10. The highest BCUT2D eigenvalue weighted by Gasteiger charge is 2.23. The second-order valence-electron chi connectivity index (χ2n) is 2.60. The van der Waals surface area contributed by atoms with Crippen molar-refractivity contribution in [1.82, 2.24) is 0 Å². The van der Waals surface area contributed by atoms with Crippen LogP contribution in [-0.4, -0.2) is 12.8 Å². The number of ether oxygens (including phenoxy) is 2. The Kier molecular flexibility index (Phi) is 2.11. The van der Waals surface area contributed by atoms with Crippen molar-refractivity contribution in [1.29, 1.82) is 0 Å². The van der Waals surface area contributed by atoms with Gasteiger partial charge < -0.3 is 9.47 Å². The lowest BCUT2D eigenvalue weighted by molar-refractivity contribution is 0.121. The topological polar surface area (TPSA) is 22.8 Å². The van der Waals surface area contributed by atoms with E-state index in [1.54, 1.807) is 6.07 Å². The Hall–Kier alpha value is -1.21. The molecular formula is C9H6BrNO2. The molecule has 1 aromatic rings. The first-order chi connectivity index (χ1) is 6.29. The van der Waals surface area contributed by atoms with Crippen LogP contribution in [0.1, 0.15) is 0 Å². The molecule has 66 valence electrons. The third kappa shape index (κ3) is 1.61. The third-order valence-electron chi connectivity index (χ3n) is 1.69. The first kappa shape index (κ1) is 8.39. The van der Waals surface area contributed by atoms with Crippen LogP contribution in [0, 0.1) is 6.57 Å². The smallest absolute Gasteiger partial charge is 0.400 e. The zero-order chi connectivity index (χ0) is 9.26. The maximum Gasteiger partial charge on any atom is 0.400 e. The van der Waals surface area contributed by atoms with Crippen LogP contribution in [0.25, 0.3) is 4.85 Å². The number of hydrogen-bond acceptors (Lipinski definition) is 2. The summed E-state index contributed by atoms with van der Waals surface area (Å²) in [5.41, 5.74) is 0. The molecule has 1 unspecified atom stereocenters. The molecule has 0 spiro atoms. The number of fused-ring (bicyclic) bond motifs is 1. The first-order valence-corrected chi connectivity index (χ1v) is 4.54. The van der Waals surface area contributed by atoms with Gasteiger partial charge in [0.25, 0.3) is 0 Å². The van der Waals surface area contributed by atoms with E-state index in [-0.39, 0.29) is 0 Å². The number of nitrogens with zero attached hydrogens (tertiary/aromatic N) is 1. The summed E-state index contributed by atoms with van der Waals surface area (Å²) in [5.74, 6) is 1.32. The van der Waals surface area contributed by atoms with Gasteiger partial charge in [-0.25, -0.2) is 6.57 Å². The highest BCUT2D eigenvalue weighted by Crippen LogP contribution is 2.34. The Labute approximate surface area is 84.2 Å². The predicted molar refractivity (Wildman–Crippen MR) is 50.7 cm³/mol. The van der Waals surface area contributed by atoms with Crippen LogP contribution < -0.4 is 9.47 Å². The van der Waals surface area contributed by atoms with Crippen molar-refractivity contribution in [2.75, 3.05) is 6.61 Å². The minimum Gasteiger partial charge on any atom is -0.477 e. The van der Waals surface area contributed by atoms with Gasteiger partial charge in [0.05, 0.1) is 0 Å². The molecule has 0 fully saturated rings. The van der Waals surface area contributed by atoms with E-state index in [0.717, 1.165) is 4.47 Å². The second-order valence-corrected chi connectivity index (χ2v) is 3.52. The van der Waals surface area contributed by atoms with Gasteiger partial charge in [0.15, 0.2) is 11.5 Å². The Morgan fingerprint density at radius 1 is 1.46 bits per heavy atom. The maximum atomic E-state index is 6.80. The molecule has 1 heterocycles. The average Bonchev–Trinajstić information content (AvgIpc) is 2.16. The number of benzene rings is 1. The fraction of sp³-hybridized carbons (Fsp3) is 0.222. The van der Waals surface area contributed by atoms with Crippen LogP contribution in [0.3, 0.4) is 0 Å². The Morgan fingerprint density at radius 3 is 3.08 bits per heavy atom. The van der Waals surface area contributed by atoms with Crippen LogP contribution in [-0.2, 0) is 0 Å². The van der Waals surface area contributed by atoms with Gasteiger partial charge in [-0.05, 0) is 18.2 Å². The largest absolute Gasteiger partial charge is 0.477 e. The molecule has 3 nitrogen and oxygen atoms in total. The molecule has 2 rings (SSSR count). The van der Waals surface area contributed by atoms with Crippen LogP contribution in [0.4, 0.5) is 0 Å². The molecule has 1 aliphatic rings. The minimum absolute atomic E-state index is 0.304. The van der Waals surface area contributed by atoms with Gasteiger partial charge in [-0.1, -0.05) is 15.9 Å². The van der Waals surface area contributed by atoms with Crippen LogP contribution in [0.15, 0.2) is 22.7 Å². The van der Waals surface area contributed by atoms with E-state index >= 15 is 0 Å². The monoisotopic (exact) mass is 239 g/mol. The van der Waals surface area contributed by atoms with E-state index in [2.05, 4.69) is 20.8 Å². The number of rotatable bonds is 0. The average molecular weight is 240 g/mol. The lowest BCUT2D eigenvalue weighted by Crippen LogP contribution is -2.25. The van der Waals surface area contributed by atoms with Crippen LogP contribution in [0.2, 0.25) is 0 Å². The molecule has 0 radical (unpaired) electrons. The highest BCUT2D eigenvalue weighted by molar-refractivity contribution is 9.10. The predicted octanol–water partition coefficient (Wildman–Crippen LogP) is 2.47. The summed E-state index contributed by atoms with van der Waals surface area (Å²) in [4.78, 5) is 3.26. The molecule has 0 saturated heterocycles. The quantitative estimate of drug-likeness (QED) is 0.650. The van der Waals surface area contributed by atoms with Crippen molar-refractivity contribution in [3.05, 3.63) is 34.1 Å².